The zero-order valence-corrected chi connectivity index (χ0v) is 15.1. The summed E-state index contributed by atoms with van der Waals surface area (Å²) in [5.41, 5.74) is 0.389. The van der Waals surface area contributed by atoms with Crippen molar-refractivity contribution >= 4 is 33.8 Å². The molecule has 0 aliphatic rings. The van der Waals surface area contributed by atoms with E-state index in [-0.39, 0.29) is 27.9 Å². The zero-order valence-electron chi connectivity index (χ0n) is 14.3. The lowest BCUT2D eigenvalue weighted by Crippen LogP contribution is -2.12. The molecule has 2 aromatic heterocycles. The number of alkyl halides is 3. The molecule has 0 bridgehead atoms. The highest BCUT2D eigenvalue weighted by atomic mass is 32.1. The summed E-state index contributed by atoms with van der Waals surface area (Å²) >= 11 is 1.05. The maximum Gasteiger partial charge on any atom is 0.394 e. The Labute approximate surface area is 160 Å². The fraction of sp³-hybridized carbons (Fsp3) is 0.188. The number of thiazole rings is 1. The van der Waals surface area contributed by atoms with Crippen LogP contribution in [0.5, 0.6) is 0 Å². The van der Waals surface area contributed by atoms with E-state index in [2.05, 4.69) is 25.6 Å². The summed E-state index contributed by atoms with van der Waals surface area (Å²) in [5, 5.41) is 16.8. The number of nitrogens with one attached hydrogen (secondary N) is 2. The van der Waals surface area contributed by atoms with Gasteiger partial charge in [0.05, 0.1) is 27.6 Å². The second-order valence-electron chi connectivity index (χ2n) is 5.53. The molecule has 146 valence electrons. The molecule has 3 rings (SSSR count). The first-order valence-corrected chi connectivity index (χ1v) is 8.66. The summed E-state index contributed by atoms with van der Waals surface area (Å²) in [5.74, 6) is 0.0929. The van der Waals surface area contributed by atoms with E-state index in [4.69, 9.17) is 0 Å². The van der Waals surface area contributed by atoms with Crippen LogP contribution in [0, 0.1) is 10.1 Å². The molecule has 0 aliphatic heterocycles. The molecule has 0 aliphatic carbocycles. The van der Waals surface area contributed by atoms with Crippen molar-refractivity contribution in [1.29, 1.82) is 0 Å². The molecule has 0 radical (unpaired) electrons. The van der Waals surface area contributed by atoms with Gasteiger partial charge in [-0.25, -0.2) is 15.0 Å². The minimum absolute atomic E-state index is 0.0929. The van der Waals surface area contributed by atoms with Crippen molar-refractivity contribution in [3.63, 3.8) is 0 Å². The fourth-order valence-corrected chi connectivity index (χ4v) is 3.25. The number of aromatic nitrogens is 3. The van der Waals surface area contributed by atoms with Gasteiger partial charge in [0.15, 0.2) is 5.13 Å². The van der Waals surface area contributed by atoms with Gasteiger partial charge in [-0.1, -0.05) is 17.4 Å². The van der Waals surface area contributed by atoms with Gasteiger partial charge in [0.25, 0.3) is 5.69 Å². The lowest BCUT2D eigenvalue weighted by atomic mass is 10.2. The summed E-state index contributed by atoms with van der Waals surface area (Å²) in [6.45, 7) is 0. The minimum atomic E-state index is -4.41. The Balaban J connectivity index is 1.92. The number of halogens is 3. The van der Waals surface area contributed by atoms with E-state index < -0.39 is 17.5 Å². The maximum atomic E-state index is 12.9. The van der Waals surface area contributed by atoms with Crippen molar-refractivity contribution in [2.24, 2.45) is 0 Å². The van der Waals surface area contributed by atoms with E-state index in [0.717, 1.165) is 11.3 Å². The van der Waals surface area contributed by atoms with Crippen LogP contribution in [0.15, 0.2) is 36.5 Å². The number of benzene rings is 1. The first-order valence-electron chi connectivity index (χ1n) is 7.84. The molecule has 12 heteroatoms. The first-order chi connectivity index (χ1) is 13.2. The molecule has 28 heavy (non-hydrogen) atoms. The van der Waals surface area contributed by atoms with Crippen LogP contribution >= 0.6 is 11.3 Å². The molecule has 0 spiro atoms. The highest BCUT2D eigenvalue weighted by Crippen LogP contribution is 2.35. The third kappa shape index (κ3) is 4.71. The normalized spacial score (nSPS) is 11.3. The number of rotatable bonds is 6. The van der Waals surface area contributed by atoms with Gasteiger partial charge >= 0.3 is 6.18 Å². The van der Waals surface area contributed by atoms with Crippen LogP contribution < -0.4 is 10.6 Å². The highest BCUT2D eigenvalue weighted by Gasteiger charge is 2.31. The number of nitrogens with zero attached hydrogens (tertiary/aromatic N) is 4. The average molecular weight is 410 g/mol. The zero-order chi connectivity index (χ0) is 20.3. The molecule has 3 aromatic rings. The third-order valence-corrected chi connectivity index (χ3v) is 4.62. The van der Waals surface area contributed by atoms with Crippen LogP contribution in [-0.4, -0.2) is 33.1 Å². The Morgan fingerprint density at radius 3 is 2.71 bits per heavy atom. The summed E-state index contributed by atoms with van der Waals surface area (Å²) in [7, 11) is 1.56. The van der Waals surface area contributed by atoms with Gasteiger partial charge in [-0.3, -0.25) is 10.1 Å². The smallest absolute Gasteiger partial charge is 0.365 e. The molecule has 0 amide bonds. The van der Waals surface area contributed by atoms with Crippen molar-refractivity contribution in [3.8, 4) is 10.6 Å². The van der Waals surface area contributed by atoms with Crippen molar-refractivity contribution in [2.45, 2.75) is 12.6 Å². The quantitative estimate of drug-likeness (QED) is 0.458. The van der Waals surface area contributed by atoms with Crippen molar-refractivity contribution in [3.05, 3.63) is 52.3 Å². The van der Waals surface area contributed by atoms with Gasteiger partial charge in [0.2, 0.25) is 5.95 Å². The largest absolute Gasteiger partial charge is 0.394 e. The fourth-order valence-electron chi connectivity index (χ4n) is 2.34. The molecule has 2 heterocycles. The second kappa shape index (κ2) is 7.76. The van der Waals surface area contributed by atoms with Gasteiger partial charge < -0.3 is 10.6 Å². The van der Waals surface area contributed by atoms with Crippen LogP contribution in [0.25, 0.3) is 10.6 Å². The van der Waals surface area contributed by atoms with Gasteiger partial charge in [-0.05, 0) is 12.1 Å². The number of hydrogen-bond donors (Lipinski definition) is 2. The Hall–Kier alpha value is -3.28. The van der Waals surface area contributed by atoms with E-state index in [9.17, 15) is 23.3 Å². The van der Waals surface area contributed by atoms with Gasteiger partial charge in [0.1, 0.15) is 0 Å². The Morgan fingerprint density at radius 2 is 2.04 bits per heavy atom. The van der Waals surface area contributed by atoms with E-state index in [1.54, 1.807) is 13.1 Å². The highest BCUT2D eigenvalue weighted by molar-refractivity contribution is 7.19. The van der Waals surface area contributed by atoms with Crippen molar-refractivity contribution in [1.82, 2.24) is 15.0 Å². The van der Waals surface area contributed by atoms with E-state index in [1.165, 1.54) is 30.5 Å². The number of nitro groups is 1. The minimum Gasteiger partial charge on any atom is -0.365 e. The van der Waals surface area contributed by atoms with Gasteiger partial charge in [-0.2, -0.15) is 13.2 Å². The van der Waals surface area contributed by atoms with Crippen LogP contribution in [0.1, 0.15) is 5.69 Å². The molecule has 0 saturated heterocycles. The molecule has 8 nitrogen and oxygen atoms in total. The molecule has 1 aromatic carbocycles. The van der Waals surface area contributed by atoms with Crippen molar-refractivity contribution in [2.75, 3.05) is 17.7 Å². The number of nitro benzene ring substituents is 1. The lowest BCUT2D eigenvalue weighted by molar-refractivity contribution is -0.384. The Bertz CT molecular complexity index is 1010. The predicted molar refractivity (Wildman–Crippen MR) is 98.8 cm³/mol. The van der Waals surface area contributed by atoms with Crippen LogP contribution in [0.4, 0.5) is 35.6 Å². The Morgan fingerprint density at radius 1 is 1.25 bits per heavy atom. The topological polar surface area (TPSA) is 106 Å². The average Bonchev–Trinajstić information content (AvgIpc) is 3.03. The van der Waals surface area contributed by atoms with Gasteiger partial charge in [0, 0.05) is 31.1 Å². The molecule has 0 saturated carbocycles. The molecular weight excluding hydrogens is 397 g/mol. The Kier molecular flexibility index (Phi) is 5.40. The molecule has 0 unspecified atom stereocenters. The van der Waals surface area contributed by atoms with E-state index in [0.29, 0.717) is 10.8 Å². The molecule has 2 N–H and O–H groups in total. The van der Waals surface area contributed by atoms with Crippen molar-refractivity contribution < 1.29 is 18.1 Å². The standard InChI is InChI=1S/C16H13F3N6O2S/c1-20-15-24-12(8-16(17,18)19)13(28-15)11-5-6-21-14(23-11)22-9-3-2-4-10(7-9)25(26)27/h2-7H,8H2,1H3,(H,20,24)(H,21,22,23). The molecule has 0 fully saturated rings. The van der Waals surface area contributed by atoms with Crippen LogP contribution in [0.2, 0.25) is 0 Å². The summed E-state index contributed by atoms with van der Waals surface area (Å²) in [6, 6.07) is 7.20. The number of non-ortho nitro benzene ring substituents is 1. The van der Waals surface area contributed by atoms with E-state index in [1.807, 2.05) is 0 Å². The lowest BCUT2D eigenvalue weighted by Gasteiger charge is -2.08. The van der Waals surface area contributed by atoms with Crippen LogP contribution in [-0.2, 0) is 6.42 Å². The maximum absolute atomic E-state index is 12.9. The second-order valence-corrected chi connectivity index (χ2v) is 6.53. The number of hydrogen-bond acceptors (Lipinski definition) is 8. The third-order valence-electron chi connectivity index (χ3n) is 3.48. The SMILES string of the molecule is CNc1nc(CC(F)(F)F)c(-c2ccnc(Nc3cccc([N+](=O)[O-])c3)n2)s1. The summed E-state index contributed by atoms with van der Waals surface area (Å²) in [4.78, 5) is 22.8. The van der Waals surface area contributed by atoms with E-state index >= 15 is 0 Å². The van der Waals surface area contributed by atoms with Crippen LogP contribution in [0.3, 0.4) is 0 Å². The summed E-state index contributed by atoms with van der Waals surface area (Å²) in [6.07, 6.45) is -4.21. The monoisotopic (exact) mass is 410 g/mol. The molecule has 0 atom stereocenters. The van der Waals surface area contributed by atoms with Gasteiger partial charge in [-0.15, -0.1) is 0 Å². The predicted octanol–water partition coefficient (Wildman–Crippen LogP) is 4.40. The first kappa shape index (κ1) is 19.5. The summed E-state index contributed by atoms with van der Waals surface area (Å²) < 4.78 is 38.6. The molecular formula is C16H13F3N6O2S. The number of anilines is 3.